The number of aliphatic imine (C=N–C) groups is 1. The van der Waals surface area contributed by atoms with Gasteiger partial charge in [0, 0.05) is 38.4 Å². The van der Waals surface area contributed by atoms with Crippen molar-refractivity contribution in [2.75, 3.05) is 13.7 Å². The fourth-order valence-corrected chi connectivity index (χ4v) is 2.56. The monoisotopic (exact) mass is 511 g/mol. The minimum absolute atomic E-state index is 0. The van der Waals surface area contributed by atoms with Gasteiger partial charge < -0.3 is 15.4 Å². The quantitative estimate of drug-likeness (QED) is 0.355. The van der Waals surface area contributed by atoms with E-state index in [4.69, 9.17) is 4.74 Å². The zero-order valence-electron chi connectivity index (χ0n) is 16.2. The number of nitrogens with one attached hydrogen (secondary N) is 2. The Labute approximate surface area is 179 Å². The average Bonchev–Trinajstić information content (AvgIpc) is 2.85. The summed E-state index contributed by atoms with van der Waals surface area (Å²) in [7, 11) is 3.55. The van der Waals surface area contributed by atoms with E-state index in [0.29, 0.717) is 19.0 Å². The molecule has 28 heavy (non-hydrogen) atoms. The number of hydrogen-bond donors (Lipinski definition) is 2. The maximum atomic E-state index is 12.3. The highest BCUT2D eigenvalue weighted by Gasteiger charge is 2.28. The number of alkyl halides is 3. The number of nitrogens with zero attached hydrogens (tertiary/aromatic N) is 3. The average molecular weight is 511 g/mol. The molecule has 2 N–H and O–H groups in total. The van der Waals surface area contributed by atoms with Crippen LogP contribution in [0.15, 0.2) is 29.3 Å². The maximum absolute atomic E-state index is 12.3. The van der Waals surface area contributed by atoms with Crippen molar-refractivity contribution in [1.29, 1.82) is 0 Å². The molecule has 1 heterocycles. The molecule has 0 amide bonds. The fourth-order valence-electron chi connectivity index (χ4n) is 2.56. The summed E-state index contributed by atoms with van der Waals surface area (Å²) in [5.74, 6) is 0.760. The van der Waals surface area contributed by atoms with Crippen LogP contribution in [0.5, 0.6) is 5.75 Å². The van der Waals surface area contributed by atoms with E-state index in [2.05, 4.69) is 20.7 Å². The molecule has 156 valence electrons. The third-order valence-corrected chi connectivity index (χ3v) is 4.08. The molecule has 1 aromatic carbocycles. The number of benzene rings is 1. The summed E-state index contributed by atoms with van der Waals surface area (Å²) in [6, 6.07) is 6.52. The van der Waals surface area contributed by atoms with E-state index < -0.39 is 12.8 Å². The lowest BCUT2D eigenvalue weighted by molar-refractivity contribution is -0.153. The molecular weight excluding hydrogens is 486 g/mol. The molecule has 1 aromatic heterocycles. The predicted octanol–water partition coefficient (Wildman–Crippen LogP) is 3.46. The van der Waals surface area contributed by atoms with Crippen LogP contribution in [0.1, 0.15) is 22.5 Å². The molecule has 0 aliphatic heterocycles. The van der Waals surface area contributed by atoms with Gasteiger partial charge >= 0.3 is 6.18 Å². The van der Waals surface area contributed by atoms with Crippen LogP contribution in [-0.4, -0.2) is 35.6 Å². The largest absolute Gasteiger partial charge is 0.484 e. The Hall–Kier alpha value is -1.98. The van der Waals surface area contributed by atoms with Crippen molar-refractivity contribution in [3.05, 3.63) is 46.8 Å². The van der Waals surface area contributed by atoms with Gasteiger partial charge in [0.1, 0.15) is 5.75 Å². The number of rotatable bonds is 6. The number of guanidine groups is 1. The Morgan fingerprint density at radius 3 is 2.46 bits per heavy atom. The van der Waals surface area contributed by atoms with Crippen LogP contribution in [0.3, 0.4) is 0 Å². The first-order valence-corrected chi connectivity index (χ1v) is 8.41. The van der Waals surface area contributed by atoms with Crippen LogP contribution in [-0.2, 0) is 20.1 Å². The van der Waals surface area contributed by atoms with Crippen molar-refractivity contribution >= 4 is 29.9 Å². The third kappa shape index (κ3) is 7.21. The van der Waals surface area contributed by atoms with E-state index in [1.54, 1.807) is 25.2 Å². The van der Waals surface area contributed by atoms with E-state index in [1.807, 2.05) is 25.6 Å². The Morgan fingerprint density at radius 1 is 1.21 bits per heavy atom. The van der Waals surface area contributed by atoms with Crippen LogP contribution in [0, 0.1) is 13.8 Å². The summed E-state index contributed by atoms with van der Waals surface area (Å²) in [5, 5.41) is 10.7. The molecule has 0 bridgehead atoms. The van der Waals surface area contributed by atoms with Crippen LogP contribution in [0.4, 0.5) is 13.2 Å². The second kappa shape index (κ2) is 10.5. The van der Waals surface area contributed by atoms with Gasteiger partial charge in [0.25, 0.3) is 0 Å². The Balaban J connectivity index is 0.00000392. The van der Waals surface area contributed by atoms with Gasteiger partial charge in [-0.05, 0) is 31.5 Å². The molecule has 0 spiro atoms. The highest BCUT2D eigenvalue weighted by molar-refractivity contribution is 14.0. The van der Waals surface area contributed by atoms with E-state index in [-0.39, 0.29) is 29.7 Å². The van der Waals surface area contributed by atoms with Gasteiger partial charge in [0.2, 0.25) is 0 Å². The smallest absolute Gasteiger partial charge is 0.422 e. The summed E-state index contributed by atoms with van der Waals surface area (Å²) < 4.78 is 43.4. The van der Waals surface area contributed by atoms with E-state index in [1.165, 1.54) is 6.07 Å². The lowest BCUT2D eigenvalue weighted by Gasteiger charge is -2.13. The molecule has 2 rings (SSSR count). The molecule has 10 heteroatoms. The van der Waals surface area contributed by atoms with Crippen molar-refractivity contribution in [3.63, 3.8) is 0 Å². The van der Waals surface area contributed by atoms with Gasteiger partial charge in [0.15, 0.2) is 12.6 Å². The van der Waals surface area contributed by atoms with Crippen molar-refractivity contribution in [1.82, 2.24) is 20.4 Å². The first-order valence-electron chi connectivity index (χ1n) is 8.41. The first kappa shape index (κ1) is 24.1. The molecule has 6 nitrogen and oxygen atoms in total. The third-order valence-electron chi connectivity index (χ3n) is 4.08. The Kier molecular flexibility index (Phi) is 9.05. The first-order chi connectivity index (χ1) is 12.7. The molecule has 0 unspecified atom stereocenters. The number of hydrogen-bond acceptors (Lipinski definition) is 3. The molecule has 0 aliphatic rings. The second-order valence-corrected chi connectivity index (χ2v) is 6.10. The standard InChI is InChI=1S/C18H24F3N5O.HI/c1-12-16(13(2)26(4)25-12)10-24-17(22-3)23-9-14-6-5-7-15(8-14)27-11-18(19,20)21;/h5-8H,9-11H2,1-4H3,(H2,22,23,24);1H. The van der Waals surface area contributed by atoms with Crippen LogP contribution in [0.2, 0.25) is 0 Å². The molecule has 0 fully saturated rings. The van der Waals surface area contributed by atoms with Gasteiger partial charge in [-0.25, -0.2) is 0 Å². The van der Waals surface area contributed by atoms with Crippen molar-refractivity contribution in [2.24, 2.45) is 12.0 Å². The summed E-state index contributed by atoms with van der Waals surface area (Å²) >= 11 is 0. The lowest BCUT2D eigenvalue weighted by atomic mass is 10.2. The molecule has 0 saturated carbocycles. The van der Waals surface area contributed by atoms with E-state index in [9.17, 15) is 13.2 Å². The minimum Gasteiger partial charge on any atom is -0.484 e. The van der Waals surface area contributed by atoms with Gasteiger partial charge in [-0.3, -0.25) is 9.67 Å². The molecular formula is C18H25F3IN5O. The highest BCUT2D eigenvalue weighted by Crippen LogP contribution is 2.19. The molecule has 0 radical (unpaired) electrons. The van der Waals surface area contributed by atoms with Crippen molar-refractivity contribution < 1.29 is 17.9 Å². The van der Waals surface area contributed by atoms with Gasteiger partial charge in [-0.1, -0.05) is 12.1 Å². The summed E-state index contributed by atoms with van der Waals surface area (Å²) in [5.41, 5.74) is 3.91. The topological polar surface area (TPSA) is 63.5 Å². The zero-order chi connectivity index (χ0) is 20.0. The lowest BCUT2D eigenvalue weighted by Crippen LogP contribution is -2.36. The summed E-state index contributed by atoms with van der Waals surface area (Å²) in [6.07, 6.45) is -4.36. The Morgan fingerprint density at radius 2 is 1.89 bits per heavy atom. The highest BCUT2D eigenvalue weighted by atomic mass is 127. The number of halogens is 4. The summed E-state index contributed by atoms with van der Waals surface area (Å²) in [4.78, 5) is 4.16. The number of ether oxygens (including phenoxy) is 1. The minimum atomic E-state index is -4.36. The van der Waals surface area contributed by atoms with Crippen LogP contribution >= 0.6 is 24.0 Å². The Bertz CT molecular complexity index is 805. The van der Waals surface area contributed by atoms with Crippen molar-refractivity contribution in [2.45, 2.75) is 33.1 Å². The predicted molar refractivity (Wildman–Crippen MR) is 113 cm³/mol. The van der Waals surface area contributed by atoms with Crippen LogP contribution < -0.4 is 15.4 Å². The van der Waals surface area contributed by atoms with Crippen LogP contribution in [0.25, 0.3) is 0 Å². The molecule has 0 atom stereocenters. The van der Waals surface area contributed by atoms with Gasteiger partial charge in [-0.15, -0.1) is 24.0 Å². The zero-order valence-corrected chi connectivity index (χ0v) is 18.6. The fraction of sp³-hybridized carbons (Fsp3) is 0.444. The maximum Gasteiger partial charge on any atom is 0.422 e. The van der Waals surface area contributed by atoms with E-state index >= 15 is 0 Å². The SMILES string of the molecule is CN=C(NCc1cccc(OCC(F)(F)F)c1)NCc1c(C)nn(C)c1C.I. The normalized spacial score (nSPS) is 11.8. The van der Waals surface area contributed by atoms with Crippen molar-refractivity contribution in [3.8, 4) is 5.75 Å². The molecule has 0 saturated heterocycles. The van der Waals surface area contributed by atoms with Gasteiger partial charge in [0.05, 0.1) is 5.69 Å². The second-order valence-electron chi connectivity index (χ2n) is 6.10. The molecule has 0 aliphatic carbocycles. The number of aromatic nitrogens is 2. The summed E-state index contributed by atoms with van der Waals surface area (Å²) in [6.45, 7) is 3.61. The molecule has 2 aromatic rings. The van der Waals surface area contributed by atoms with Gasteiger partial charge in [-0.2, -0.15) is 18.3 Å². The van der Waals surface area contributed by atoms with E-state index in [0.717, 1.165) is 22.5 Å². The number of aryl methyl sites for hydroxylation is 2.